The van der Waals surface area contributed by atoms with Gasteiger partial charge in [0.1, 0.15) is 22.8 Å². The number of aryl methyl sites for hydroxylation is 1. The number of oxazole rings is 1. The number of rotatable bonds is 10. The minimum absolute atomic E-state index is 0.00546. The van der Waals surface area contributed by atoms with Crippen LogP contribution in [0.1, 0.15) is 37.9 Å². The number of carbonyl (C=O) groups excluding carboxylic acids is 3. The summed E-state index contributed by atoms with van der Waals surface area (Å²) in [5.74, 6) is -0.899. The number of carboxylic acid groups (broad SMARTS) is 1. The van der Waals surface area contributed by atoms with Gasteiger partial charge in [0.05, 0.1) is 5.70 Å². The number of carbonyl (C=O) groups is 4. The number of aliphatic carboxylic acids is 1. The van der Waals surface area contributed by atoms with Crippen LogP contribution in [0.2, 0.25) is 5.02 Å². The van der Waals surface area contributed by atoms with E-state index in [2.05, 4.69) is 21.7 Å². The summed E-state index contributed by atoms with van der Waals surface area (Å²) in [5, 5.41) is 7.82. The SMILES string of the molecule is CN1CCC(CN2CCN(C(=O)CCc3oc(N4CCCC4)nc3-c3ccc(Cl)cc3)CC2)CC1.O=C(O)C(F)(F)F.O=C1C=C(N2CC2)C(=O)C(N2CC2)=C1N1CC1. The van der Waals surface area contributed by atoms with Gasteiger partial charge in [0.25, 0.3) is 6.01 Å². The molecule has 0 radical (unpaired) electrons. The summed E-state index contributed by atoms with van der Waals surface area (Å²) in [5.41, 5.74) is 3.70. The van der Waals surface area contributed by atoms with Gasteiger partial charge in [-0.3, -0.25) is 19.3 Å². The van der Waals surface area contributed by atoms with Gasteiger partial charge in [0, 0.05) is 115 Å². The monoisotopic (exact) mass is 844 g/mol. The van der Waals surface area contributed by atoms with Crippen LogP contribution in [0.25, 0.3) is 11.3 Å². The molecule has 320 valence electrons. The van der Waals surface area contributed by atoms with Gasteiger partial charge < -0.3 is 38.9 Å². The normalized spacial score (nSPS) is 21.2. The van der Waals surface area contributed by atoms with Crippen LogP contribution in [0.5, 0.6) is 0 Å². The second-order valence-corrected chi connectivity index (χ2v) is 16.5. The van der Waals surface area contributed by atoms with Crippen molar-refractivity contribution in [1.29, 1.82) is 0 Å². The summed E-state index contributed by atoms with van der Waals surface area (Å²) in [6.07, 6.45) is 2.37. The summed E-state index contributed by atoms with van der Waals surface area (Å²) in [6.45, 7) is 14.6. The van der Waals surface area contributed by atoms with E-state index in [4.69, 9.17) is 30.9 Å². The first kappa shape index (κ1) is 42.5. The number of hydrogen-bond acceptors (Lipinski definition) is 12. The number of nitrogens with zero attached hydrogens (tertiary/aromatic N) is 8. The smallest absolute Gasteiger partial charge is 0.475 e. The largest absolute Gasteiger partial charge is 0.490 e. The number of aromatic nitrogens is 1. The number of carboxylic acids is 1. The highest BCUT2D eigenvalue weighted by Gasteiger charge is 2.43. The fourth-order valence-electron chi connectivity index (χ4n) is 7.83. The number of amides is 1. The maximum Gasteiger partial charge on any atom is 0.490 e. The van der Waals surface area contributed by atoms with Gasteiger partial charge in [-0.2, -0.15) is 18.2 Å². The Labute approximate surface area is 346 Å². The molecule has 14 nitrogen and oxygen atoms in total. The van der Waals surface area contributed by atoms with E-state index in [0.29, 0.717) is 41.0 Å². The molecule has 0 saturated carbocycles. The zero-order valence-corrected chi connectivity index (χ0v) is 34.1. The molecule has 0 unspecified atom stereocenters. The van der Waals surface area contributed by atoms with Gasteiger partial charge in [0.2, 0.25) is 17.5 Å². The number of piperidine rings is 1. The lowest BCUT2D eigenvalue weighted by Crippen LogP contribution is -2.50. The molecular formula is C41H52ClF3N8O6. The summed E-state index contributed by atoms with van der Waals surface area (Å²) in [7, 11) is 2.21. The minimum atomic E-state index is -5.08. The highest BCUT2D eigenvalue weighted by Crippen LogP contribution is 2.35. The molecule has 0 atom stereocenters. The molecule has 0 bridgehead atoms. The zero-order chi connectivity index (χ0) is 41.8. The Morgan fingerprint density at radius 1 is 0.814 bits per heavy atom. The number of ketones is 2. The second kappa shape index (κ2) is 18.3. The van der Waals surface area contributed by atoms with Crippen molar-refractivity contribution in [1.82, 2.24) is 34.4 Å². The number of Topliss-reactive ketones (excluding diaryl/α,β-unsaturated/α-hetero) is 1. The molecule has 0 spiro atoms. The Bertz CT molecular complexity index is 1920. The van der Waals surface area contributed by atoms with Crippen LogP contribution in [0.15, 0.2) is 51.8 Å². The standard InChI is InChI=1S/C27H38ClN5O2.C12H13N3O2.C2HF3O2/c1-30-14-10-21(11-15-30)20-31-16-18-32(19-17-31)25(34)9-8-24-26(22-4-6-23(28)7-5-22)29-27(35-24)33-12-2-3-13-33;16-9-7-8(13-1-2-13)12(17)11(15-5-6-15)10(9)14-3-4-14;3-2(4,5)1(6)7/h4-7,21H,2-3,8-20H2,1H3;7H,1-6H2;(H,6,7). The van der Waals surface area contributed by atoms with Gasteiger partial charge in [-0.25, -0.2) is 4.79 Å². The Hall–Kier alpha value is -4.61. The van der Waals surface area contributed by atoms with Crippen LogP contribution in [0, 0.1) is 5.92 Å². The van der Waals surface area contributed by atoms with Crippen molar-refractivity contribution in [2.24, 2.45) is 5.92 Å². The predicted octanol–water partition coefficient (Wildman–Crippen LogP) is 3.83. The summed E-state index contributed by atoms with van der Waals surface area (Å²) >= 11 is 6.10. The first-order valence-electron chi connectivity index (χ1n) is 20.5. The van der Waals surface area contributed by atoms with Crippen LogP contribution in [0.4, 0.5) is 19.2 Å². The van der Waals surface area contributed by atoms with E-state index in [1.807, 2.05) is 43.9 Å². The molecular weight excluding hydrogens is 793 g/mol. The van der Waals surface area contributed by atoms with E-state index in [0.717, 1.165) is 114 Å². The van der Waals surface area contributed by atoms with Gasteiger partial charge in [0.15, 0.2) is 0 Å². The lowest BCUT2D eigenvalue weighted by molar-refractivity contribution is -0.192. The van der Waals surface area contributed by atoms with Gasteiger partial charge in [-0.05, 0) is 63.9 Å². The maximum atomic E-state index is 13.1. The number of piperazine rings is 1. The lowest BCUT2D eigenvalue weighted by atomic mass is 9.96. The first-order chi connectivity index (χ1) is 28.2. The summed E-state index contributed by atoms with van der Waals surface area (Å²) in [6, 6.07) is 8.38. The lowest BCUT2D eigenvalue weighted by Gasteiger charge is -2.38. The first-order valence-corrected chi connectivity index (χ1v) is 20.9. The zero-order valence-electron chi connectivity index (χ0n) is 33.4. The molecule has 1 aliphatic carbocycles. The van der Waals surface area contributed by atoms with Crippen LogP contribution in [-0.4, -0.2) is 174 Å². The van der Waals surface area contributed by atoms with Crippen molar-refractivity contribution >= 4 is 41.1 Å². The molecule has 6 fully saturated rings. The third-order valence-corrected chi connectivity index (χ3v) is 11.8. The summed E-state index contributed by atoms with van der Waals surface area (Å²) < 4.78 is 38.0. The van der Waals surface area contributed by atoms with Crippen molar-refractivity contribution in [3.63, 3.8) is 0 Å². The third kappa shape index (κ3) is 11.2. The van der Waals surface area contributed by atoms with E-state index in [1.165, 1.54) is 38.6 Å². The average molecular weight is 845 g/mol. The van der Waals surface area contributed by atoms with Gasteiger partial charge >= 0.3 is 12.1 Å². The van der Waals surface area contributed by atoms with Crippen molar-refractivity contribution in [2.75, 3.05) is 110 Å². The molecule has 2 aromatic rings. The second-order valence-electron chi connectivity index (χ2n) is 16.1. The fourth-order valence-corrected chi connectivity index (χ4v) is 7.96. The third-order valence-electron chi connectivity index (χ3n) is 11.6. The highest BCUT2D eigenvalue weighted by atomic mass is 35.5. The van der Waals surface area contributed by atoms with Crippen LogP contribution >= 0.6 is 11.6 Å². The highest BCUT2D eigenvalue weighted by molar-refractivity contribution is 6.30. The molecule has 1 N–H and O–H groups in total. The summed E-state index contributed by atoms with van der Waals surface area (Å²) in [4.78, 5) is 66.5. The molecule has 6 saturated heterocycles. The van der Waals surface area contributed by atoms with Crippen molar-refractivity contribution in [2.45, 2.75) is 44.7 Å². The molecule has 7 heterocycles. The van der Waals surface area contributed by atoms with Crippen molar-refractivity contribution in [3.05, 3.63) is 58.2 Å². The molecule has 6 aliphatic heterocycles. The number of hydrogen-bond donors (Lipinski definition) is 1. The Morgan fingerprint density at radius 3 is 1.95 bits per heavy atom. The molecule has 9 rings (SSSR count). The number of alkyl halides is 3. The maximum absolute atomic E-state index is 13.1. The molecule has 59 heavy (non-hydrogen) atoms. The Morgan fingerprint density at radius 2 is 1.39 bits per heavy atom. The van der Waals surface area contributed by atoms with Gasteiger partial charge in [-0.15, -0.1) is 0 Å². The quantitative estimate of drug-likeness (QED) is 0.275. The number of anilines is 1. The Balaban J connectivity index is 0.000000180. The number of likely N-dealkylation sites (tertiary alicyclic amines) is 1. The Kier molecular flexibility index (Phi) is 13.2. The van der Waals surface area contributed by atoms with Crippen LogP contribution < -0.4 is 4.90 Å². The van der Waals surface area contributed by atoms with E-state index >= 15 is 0 Å². The number of halogens is 4. The van der Waals surface area contributed by atoms with Crippen molar-refractivity contribution < 1.29 is 41.9 Å². The molecule has 1 aromatic carbocycles. The van der Waals surface area contributed by atoms with Crippen LogP contribution in [0.3, 0.4) is 0 Å². The fraction of sp³-hybridized carbons (Fsp3) is 0.585. The molecule has 7 aliphatic rings. The van der Waals surface area contributed by atoms with E-state index in [-0.39, 0.29) is 17.5 Å². The van der Waals surface area contributed by atoms with E-state index in [1.54, 1.807) is 0 Å². The number of benzene rings is 1. The predicted molar refractivity (Wildman–Crippen MR) is 213 cm³/mol. The average Bonchev–Trinajstić information content (AvgIpc) is 4.15. The molecule has 18 heteroatoms. The minimum Gasteiger partial charge on any atom is -0.475 e. The van der Waals surface area contributed by atoms with Crippen molar-refractivity contribution in [3.8, 4) is 11.3 Å². The van der Waals surface area contributed by atoms with E-state index in [9.17, 15) is 27.6 Å². The number of allylic oxidation sites excluding steroid dienone is 1. The van der Waals surface area contributed by atoms with Crippen LogP contribution in [-0.2, 0) is 25.6 Å². The molecule has 1 aromatic heterocycles. The molecule has 1 amide bonds. The van der Waals surface area contributed by atoms with E-state index < -0.39 is 12.1 Å². The van der Waals surface area contributed by atoms with Gasteiger partial charge in [-0.1, -0.05) is 23.7 Å². The topological polar surface area (TPSA) is 137 Å².